The highest BCUT2D eigenvalue weighted by Crippen LogP contribution is 2.45. The van der Waals surface area contributed by atoms with Crippen molar-refractivity contribution in [2.75, 3.05) is 4.90 Å². The zero-order valence-electron chi connectivity index (χ0n) is 29.2. The van der Waals surface area contributed by atoms with Gasteiger partial charge in [0.15, 0.2) is 0 Å². The van der Waals surface area contributed by atoms with E-state index in [0.717, 1.165) is 17.1 Å². The Hall–Kier alpha value is -6.96. The van der Waals surface area contributed by atoms with Crippen LogP contribution >= 0.6 is 0 Å². The predicted molar refractivity (Wildman–Crippen MR) is 227 cm³/mol. The first-order chi connectivity index (χ1) is 26.3. The molecule has 0 aliphatic rings. The van der Waals surface area contributed by atoms with Crippen LogP contribution in [0.15, 0.2) is 212 Å². The van der Waals surface area contributed by atoms with Gasteiger partial charge in [-0.25, -0.2) is 0 Å². The Balaban J connectivity index is 1.14. The molecule has 0 amide bonds. The molecule has 0 N–H and O–H groups in total. The summed E-state index contributed by atoms with van der Waals surface area (Å²) in [4.78, 5) is 2.41. The normalized spacial score (nSPS) is 11.4. The van der Waals surface area contributed by atoms with Crippen LogP contribution in [0.3, 0.4) is 0 Å². The maximum atomic E-state index is 2.41. The van der Waals surface area contributed by atoms with E-state index >= 15 is 0 Å². The van der Waals surface area contributed by atoms with Crippen molar-refractivity contribution in [1.29, 1.82) is 0 Å². The van der Waals surface area contributed by atoms with Crippen LogP contribution in [0.5, 0.6) is 0 Å². The van der Waals surface area contributed by atoms with E-state index in [4.69, 9.17) is 0 Å². The topological polar surface area (TPSA) is 3.24 Å². The van der Waals surface area contributed by atoms with Crippen LogP contribution in [0.4, 0.5) is 17.1 Å². The molecule has 0 aliphatic carbocycles. The Morgan fingerprint density at radius 1 is 0.245 bits per heavy atom. The summed E-state index contributed by atoms with van der Waals surface area (Å²) in [7, 11) is 0. The van der Waals surface area contributed by atoms with Gasteiger partial charge < -0.3 is 4.90 Å². The number of hydrogen-bond donors (Lipinski definition) is 0. The summed E-state index contributed by atoms with van der Waals surface area (Å²) >= 11 is 0. The molecule has 0 unspecified atom stereocenters. The number of benzene rings is 10. The van der Waals surface area contributed by atoms with Crippen LogP contribution in [-0.2, 0) is 0 Å². The van der Waals surface area contributed by atoms with Gasteiger partial charge in [0.25, 0.3) is 0 Å². The third kappa shape index (κ3) is 5.51. The van der Waals surface area contributed by atoms with Gasteiger partial charge in [-0.05, 0) is 113 Å². The Kier molecular flexibility index (Phi) is 7.55. The summed E-state index contributed by atoms with van der Waals surface area (Å²) < 4.78 is 0. The molecule has 0 spiro atoms. The van der Waals surface area contributed by atoms with Gasteiger partial charge in [0.1, 0.15) is 0 Å². The Morgan fingerprint density at radius 2 is 0.774 bits per heavy atom. The lowest BCUT2D eigenvalue weighted by molar-refractivity contribution is 1.28. The van der Waals surface area contributed by atoms with E-state index in [2.05, 4.69) is 217 Å². The maximum absolute atomic E-state index is 2.41. The Bertz CT molecular complexity index is 2930. The average molecular weight is 674 g/mol. The second-order valence-corrected chi connectivity index (χ2v) is 13.7. The second kappa shape index (κ2) is 13.0. The van der Waals surface area contributed by atoms with Crippen molar-refractivity contribution in [2.24, 2.45) is 0 Å². The van der Waals surface area contributed by atoms with E-state index in [0.29, 0.717) is 0 Å². The smallest absolute Gasteiger partial charge is 0.0546 e. The molecule has 0 aliphatic heterocycles. The van der Waals surface area contributed by atoms with E-state index < -0.39 is 0 Å². The monoisotopic (exact) mass is 673 g/mol. The first kappa shape index (κ1) is 30.8. The van der Waals surface area contributed by atoms with Gasteiger partial charge in [-0.2, -0.15) is 0 Å². The van der Waals surface area contributed by atoms with Gasteiger partial charge >= 0.3 is 0 Å². The molecule has 1 nitrogen and oxygen atoms in total. The fraction of sp³-hybridized carbons (Fsp3) is 0. The van der Waals surface area contributed by atoms with E-state index in [-0.39, 0.29) is 0 Å². The fourth-order valence-corrected chi connectivity index (χ4v) is 8.04. The molecule has 10 aromatic carbocycles. The lowest BCUT2D eigenvalue weighted by atomic mass is 9.91. The Morgan fingerprint density at radius 3 is 1.55 bits per heavy atom. The van der Waals surface area contributed by atoms with E-state index in [1.54, 1.807) is 0 Å². The number of hydrogen-bond acceptors (Lipinski definition) is 1. The van der Waals surface area contributed by atoms with Crippen molar-refractivity contribution < 1.29 is 0 Å². The molecule has 1 heteroatoms. The minimum Gasteiger partial charge on any atom is -0.310 e. The summed E-state index contributed by atoms with van der Waals surface area (Å²) in [5.74, 6) is 0. The van der Waals surface area contributed by atoms with Gasteiger partial charge in [-0.1, -0.05) is 170 Å². The minimum atomic E-state index is 1.10. The van der Waals surface area contributed by atoms with E-state index in [1.165, 1.54) is 76.5 Å². The van der Waals surface area contributed by atoms with Gasteiger partial charge in [0, 0.05) is 16.9 Å². The molecule has 53 heavy (non-hydrogen) atoms. The Labute approximate surface area is 309 Å². The number of rotatable bonds is 6. The van der Waals surface area contributed by atoms with Crippen molar-refractivity contribution >= 4 is 60.2 Å². The summed E-state index contributed by atoms with van der Waals surface area (Å²) in [6.45, 7) is 0. The molecule has 0 fully saturated rings. The summed E-state index contributed by atoms with van der Waals surface area (Å²) in [5, 5.41) is 10.1. The highest BCUT2D eigenvalue weighted by molar-refractivity contribution is 6.14. The second-order valence-electron chi connectivity index (χ2n) is 13.7. The third-order valence-electron chi connectivity index (χ3n) is 10.6. The van der Waals surface area contributed by atoms with E-state index in [9.17, 15) is 0 Å². The summed E-state index contributed by atoms with van der Waals surface area (Å²) in [6.07, 6.45) is 0. The van der Waals surface area contributed by atoms with Crippen molar-refractivity contribution in [3.8, 4) is 33.4 Å². The van der Waals surface area contributed by atoms with Crippen LogP contribution in [0, 0.1) is 0 Å². The first-order valence-electron chi connectivity index (χ1n) is 18.3. The lowest BCUT2D eigenvalue weighted by Gasteiger charge is -2.29. The van der Waals surface area contributed by atoms with E-state index in [1.807, 2.05) is 0 Å². The number of nitrogens with zero attached hydrogens (tertiary/aromatic N) is 1. The summed E-state index contributed by atoms with van der Waals surface area (Å²) in [5.41, 5.74) is 10.5. The zero-order chi connectivity index (χ0) is 35.1. The predicted octanol–water partition coefficient (Wildman–Crippen LogP) is 14.8. The van der Waals surface area contributed by atoms with Gasteiger partial charge in [0.05, 0.1) is 5.69 Å². The standard InChI is InChI=1S/C52H35N/c1-3-13-37(14-4-1)48-32-28-42(51-34-40-16-8-10-20-46(40)49-21-11-12-22-50(49)51)35-52(48)53(43-17-5-2-6-18-43)44-29-25-36(26-30-44)39-27-31-47-41(33-39)24-23-38-15-7-9-19-45(38)47/h1-35H. The molecule has 0 saturated carbocycles. The highest BCUT2D eigenvalue weighted by atomic mass is 15.1. The molecule has 0 saturated heterocycles. The molecular weight excluding hydrogens is 639 g/mol. The van der Waals surface area contributed by atoms with Crippen LogP contribution in [0.1, 0.15) is 0 Å². The first-order valence-corrected chi connectivity index (χ1v) is 18.3. The molecule has 10 rings (SSSR count). The van der Waals surface area contributed by atoms with Crippen molar-refractivity contribution in [1.82, 2.24) is 0 Å². The van der Waals surface area contributed by atoms with Crippen LogP contribution < -0.4 is 4.90 Å². The number of fused-ring (bicyclic) bond motifs is 6. The molecule has 0 heterocycles. The van der Waals surface area contributed by atoms with Gasteiger partial charge in [-0.15, -0.1) is 0 Å². The number of para-hydroxylation sites is 1. The highest BCUT2D eigenvalue weighted by Gasteiger charge is 2.20. The third-order valence-corrected chi connectivity index (χ3v) is 10.6. The maximum Gasteiger partial charge on any atom is 0.0546 e. The molecular formula is C52H35N. The van der Waals surface area contributed by atoms with Crippen LogP contribution in [0.25, 0.3) is 76.5 Å². The molecule has 0 radical (unpaired) electrons. The average Bonchev–Trinajstić information content (AvgIpc) is 3.24. The van der Waals surface area contributed by atoms with Gasteiger partial charge in [0.2, 0.25) is 0 Å². The van der Waals surface area contributed by atoms with Crippen LogP contribution in [0.2, 0.25) is 0 Å². The van der Waals surface area contributed by atoms with Crippen LogP contribution in [-0.4, -0.2) is 0 Å². The molecule has 0 aromatic heterocycles. The molecule has 0 atom stereocenters. The SMILES string of the molecule is c1ccc(-c2ccc(-c3cc4ccccc4c4ccccc34)cc2N(c2ccccc2)c2ccc(-c3ccc4c(ccc5ccccc54)c3)cc2)cc1. The number of anilines is 3. The van der Waals surface area contributed by atoms with Crippen molar-refractivity contribution in [3.05, 3.63) is 212 Å². The fourth-order valence-electron chi connectivity index (χ4n) is 8.04. The van der Waals surface area contributed by atoms with Gasteiger partial charge in [-0.3, -0.25) is 0 Å². The quantitative estimate of drug-likeness (QED) is 0.159. The zero-order valence-corrected chi connectivity index (χ0v) is 29.2. The molecule has 10 aromatic rings. The minimum absolute atomic E-state index is 1.10. The molecule has 0 bridgehead atoms. The van der Waals surface area contributed by atoms with Crippen molar-refractivity contribution in [2.45, 2.75) is 0 Å². The lowest BCUT2D eigenvalue weighted by Crippen LogP contribution is -2.11. The largest absolute Gasteiger partial charge is 0.310 e. The summed E-state index contributed by atoms with van der Waals surface area (Å²) in [6, 6.07) is 77.3. The van der Waals surface area contributed by atoms with Crippen molar-refractivity contribution in [3.63, 3.8) is 0 Å². The molecule has 248 valence electrons.